The molecule has 0 bridgehead atoms. The summed E-state index contributed by atoms with van der Waals surface area (Å²) in [7, 11) is 0. The van der Waals surface area contributed by atoms with Crippen molar-refractivity contribution in [2.45, 2.75) is 77.0 Å². The van der Waals surface area contributed by atoms with E-state index in [1.807, 2.05) is 0 Å². The quantitative estimate of drug-likeness (QED) is 0.140. The Morgan fingerprint density at radius 2 is 0.464 bits per heavy atom. The topological polar surface area (TPSA) is 6.48 Å². The SMILES string of the molecule is CC1(C)c2ccccc2-c2ccc(N(c3ccc4c(c3)C(C)(C)c3cc(/C=C/c5ccc6c(c5)C(C)(C)c5cc(N(c7ccc8c(c7)C(C)(C)c7ccccc7-8)c7ccc8ccccc8c7)ccc5-6)ccc3-4)c3ccc4ccccc4c3)cc21. The van der Waals surface area contributed by atoms with Gasteiger partial charge in [0.05, 0.1) is 0 Å². The average molecular weight is 1080 g/mol. The highest BCUT2D eigenvalue weighted by Gasteiger charge is 2.40. The molecule has 0 unspecified atom stereocenters. The first-order chi connectivity index (χ1) is 40.6. The van der Waals surface area contributed by atoms with E-state index in [0.717, 1.165) is 22.7 Å². The van der Waals surface area contributed by atoms with Gasteiger partial charge < -0.3 is 9.80 Å². The second-order valence-corrected chi connectivity index (χ2v) is 26.2. The summed E-state index contributed by atoms with van der Waals surface area (Å²) in [5.41, 5.74) is 30.2. The van der Waals surface area contributed by atoms with Crippen LogP contribution in [-0.2, 0) is 21.7 Å². The molecule has 404 valence electrons. The molecular formula is C82H66N2. The molecule has 12 aromatic rings. The maximum absolute atomic E-state index is 2.48. The predicted molar refractivity (Wildman–Crippen MR) is 356 cm³/mol. The van der Waals surface area contributed by atoms with Crippen LogP contribution in [0.15, 0.2) is 243 Å². The molecule has 12 aromatic carbocycles. The lowest BCUT2D eigenvalue weighted by molar-refractivity contribution is 0.659. The lowest BCUT2D eigenvalue weighted by Crippen LogP contribution is -2.18. The van der Waals surface area contributed by atoms with E-state index >= 15 is 0 Å². The first-order valence-electron chi connectivity index (χ1n) is 30.0. The Labute approximate surface area is 494 Å². The molecule has 0 aromatic heterocycles. The van der Waals surface area contributed by atoms with Gasteiger partial charge in [-0.05, 0) is 194 Å². The molecule has 0 N–H and O–H groups in total. The van der Waals surface area contributed by atoms with Gasteiger partial charge in [0.25, 0.3) is 0 Å². The molecule has 4 aliphatic carbocycles. The summed E-state index contributed by atoms with van der Waals surface area (Å²) < 4.78 is 0. The van der Waals surface area contributed by atoms with Crippen LogP contribution < -0.4 is 9.80 Å². The second kappa shape index (κ2) is 18.0. The molecule has 0 radical (unpaired) electrons. The van der Waals surface area contributed by atoms with Crippen LogP contribution in [0.4, 0.5) is 34.1 Å². The number of fused-ring (bicyclic) bond motifs is 14. The number of anilines is 6. The Morgan fingerprint density at radius 1 is 0.214 bits per heavy atom. The molecule has 0 saturated carbocycles. The van der Waals surface area contributed by atoms with Crippen molar-refractivity contribution in [2.75, 3.05) is 9.80 Å². The fourth-order valence-electron chi connectivity index (χ4n) is 15.4. The van der Waals surface area contributed by atoms with Crippen LogP contribution in [0.5, 0.6) is 0 Å². The highest BCUT2D eigenvalue weighted by atomic mass is 15.1. The van der Waals surface area contributed by atoms with Gasteiger partial charge in [-0.25, -0.2) is 0 Å². The smallest absolute Gasteiger partial charge is 0.0468 e. The molecular weight excluding hydrogens is 1010 g/mol. The Morgan fingerprint density at radius 3 is 0.821 bits per heavy atom. The van der Waals surface area contributed by atoms with Gasteiger partial charge in [-0.3, -0.25) is 0 Å². The normalized spacial score (nSPS) is 15.5. The monoisotopic (exact) mass is 1080 g/mol. The Balaban J connectivity index is 0.713. The fourth-order valence-corrected chi connectivity index (χ4v) is 15.4. The maximum Gasteiger partial charge on any atom is 0.0468 e. The van der Waals surface area contributed by atoms with Gasteiger partial charge in [0.15, 0.2) is 0 Å². The first kappa shape index (κ1) is 50.2. The van der Waals surface area contributed by atoms with Gasteiger partial charge >= 0.3 is 0 Å². The van der Waals surface area contributed by atoms with Gasteiger partial charge in [-0.2, -0.15) is 0 Å². The Hall–Kier alpha value is -9.50. The molecule has 0 saturated heterocycles. The van der Waals surface area contributed by atoms with Crippen LogP contribution in [0.3, 0.4) is 0 Å². The van der Waals surface area contributed by atoms with Crippen LogP contribution >= 0.6 is 0 Å². The van der Waals surface area contributed by atoms with Gasteiger partial charge in [0.2, 0.25) is 0 Å². The molecule has 0 amide bonds. The third-order valence-corrected chi connectivity index (χ3v) is 20.0. The van der Waals surface area contributed by atoms with E-state index < -0.39 is 0 Å². The van der Waals surface area contributed by atoms with Crippen molar-refractivity contribution in [1.29, 1.82) is 0 Å². The zero-order chi connectivity index (χ0) is 57.0. The number of hydrogen-bond acceptors (Lipinski definition) is 2. The third kappa shape index (κ3) is 7.42. The third-order valence-electron chi connectivity index (χ3n) is 20.0. The minimum Gasteiger partial charge on any atom is -0.310 e. The lowest BCUT2D eigenvalue weighted by Gasteiger charge is -2.30. The maximum atomic E-state index is 2.48. The zero-order valence-corrected chi connectivity index (χ0v) is 49.1. The van der Waals surface area contributed by atoms with Crippen molar-refractivity contribution in [2.24, 2.45) is 0 Å². The number of rotatable bonds is 8. The summed E-state index contributed by atoms with van der Waals surface area (Å²) in [5, 5.41) is 4.94. The van der Waals surface area contributed by atoms with Crippen LogP contribution in [0.1, 0.15) is 111 Å². The summed E-state index contributed by atoms with van der Waals surface area (Å²) in [4.78, 5) is 4.95. The predicted octanol–water partition coefficient (Wildman–Crippen LogP) is 22.3. The zero-order valence-electron chi connectivity index (χ0n) is 49.1. The molecule has 0 spiro atoms. The fraction of sp³-hybridized carbons (Fsp3) is 0.146. The molecule has 84 heavy (non-hydrogen) atoms. The summed E-state index contributed by atoms with van der Waals surface area (Å²) in [6.45, 7) is 19.1. The summed E-state index contributed by atoms with van der Waals surface area (Å²) in [6, 6.07) is 91.8. The summed E-state index contributed by atoms with van der Waals surface area (Å²) in [6.07, 6.45) is 4.62. The van der Waals surface area contributed by atoms with E-state index in [1.165, 1.54) is 133 Å². The van der Waals surface area contributed by atoms with E-state index in [-0.39, 0.29) is 21.7 Å². The number of nitrogens with zero attached hydrogens (tertiary/aromatic N) is 2. The summed E-state index contributed by atoms with van der Waals surface area (Å²) in [5.74, 6) is 0. The van der Waals surface area contributed by atoms with Gasteiger partial charge in [0, 0.05) is 55.8 Å². The molecule has 16 rings (SSSR count). The minimum absolute atomic E-state index is 0.113. The van der Waals surface area contributed by atoms with E-state index in [9.17, 15) is 0 Å². The summed E-state index contributed by atoms with van der Waals surface area (Å²) >= 11 is 0. The van der Waals surface area contributed by atoms with Gasteiger partial charge in [-0.1, -0.05) is 237 Å². The Bertz CT molecular complexity index is 4500. The van der Waals surface area contributed by atoms with Crippen molar-refractivity contribution in [3.05, 3.63) is 298 Å². The van der Waals surface area contributed by atoms with Crippen molar-refractivity contribution in [3.8, 4) is 44.5 Å². The van der Waals surface area contributed by atoms with E-state index in [2.05, 4.69) is 320 Å². The van der Waals surface area contributed by atoms with E-state index in [4.69, 9.17) is 0 Å². The van der Waals surface area contributed by atoms with Crippen LogP contribution in [-0.4, -0.2) is 0 Å². The van der Waals surface area contributed by atoms with Crippen molar-refractivity contribution < 1.29 is 0 Å². The molecule has 0 heterocycles. The van der Waals surface area contributed by atoms with E-state index in [0.29, 0.717) is 0 Å². The van der Waals surface area contributed by atoms with Gasteiger partial charge in [0.1, 0.15) is 0 Å². The van der Waals surface area contributed by atoms with Gasteiger partial charge in [-0.15, -0.1) is 0 Å². The minimum atomic E-state index is -0.226. The van der Waals surface area contributed by atoms with Crippen LogP contribution in [0.2, 0.25) is 0 Å². The van der Waals surface area contributed by atoms with Crippen LogP contribution in [0, 0.1) is 0 Å². The molecule has 0 atom stereocenters. The molecule has 4 aliphatic rings. The van der Waals surface area contributed by atoms with Crippen LogP contribution in [0.25, 0.3) is 78.2 Å². The van der Waals surface area contributed by atoms with E-state index in [1.54, 1.807) is 0 Å². The standard InChI is InChI=1S/C82H66N2/c1-79(2)71-23-15-13-21-63(71)67-39-33-59(47-75(67)79)83(57-31-29-53-17-9-11-19-55(53)45-57)61-35-41-69-65-37-27-51(43-73(65)81(5,6)77(69)49-61)25-26-52-28-38-66-70-42-36-62(50-78(70)82(7,8)74(66)44-52)84(58-32-30-54-18-10-12-20-56(54)46-58)60-34-40-68-64-22-14-16-24-72(64)80(3,4)76(68)48-60/h9-50H,1-8H3/b26-25+. The average Bonchev–Trinajstić information content (AvgIpc) is 3.55. The highest BCUT2D eigenvalue weighted by molar-refractivity contribution is 5.95. The lowest BCUT2D eigenvalue weighted by atomic mass is 9.81. The second-order valence-electron chi connectivity index (χ2n) is 26.2. The molecule has 2 heteroatoms. The molecule has 2 nitrogen and oxygen atoms in total. The largest absolute Gasteiger partial charge is 0.310 e. The van der Waals surface area contributed by atoms with Crippen molar-refractivity contribution >= 4 is 67.8 Å². The van der Waals surface area contributed by atoms with Crippen molar-refractivity contribution in [3.63, 3.8) is 0 Å². The number of hydrogen-bond donors (Lipinski definition) is 0. The highest BCUT2D eigenvalue weighted by Crippen LogP contribution is 2.56. The molecule has 0 fully saturated rings. The first-order valence-corrected chi connectivity index (χ1v) is 30.0. The molecule has 0 aliphatic heterocycles. The Kier molecular flexibility index (Phi) is 10.8. The van der Waals surface area contributed by atoms with Crippen molar-refractivity contribution in [1.82, 2.24) is 0 Å². The number of benzene rings is 12.